The maximum absolute atomic E-state index is 11.4. The molecule has 0 fully saturated rings. The summed E-state index contributed by atoms with van der Waals surface area (Å²) in [6.07, 6.45) is 0.441. The van der Waals surface area contributed by atoms with Gasteiger partial charge < -0.3 is 19.7 Å². The molecule has 0 amide bonds. The molecule has 8 nitrogen and oxygen atoms in total. The van der Waals surface area contributed by atoms with Gasteiger partial charge in [-0.15, -0.1) is 5.10 Å². The van der Waals surface area contributed by atoms with E-state index in [0.29, 0.717) is 35.7 Å². The van der Waals surface area contributed by atoms with Gasteiger partial charge in [0.05, 0.1) is 14.2 Å². The molecular weight excluding hydrogens is 290 g/mol. The minimum atomic E-state index is -1.17. The molecule has 0 saturated carbocycles. The number of rotatable bonds is 7. The zero-order valence-corrected chi connectivity index (χ0v) is 12.3. The Bertz CT molecular complexity index is 646. The number of ether oxygens (including phenoxy) is 2. The molecule has 8 heteroatoms. The largest absolute Gasteiger partial charge is 0.497 e. The molecule has 2 aromatic rings. The molecule has 1 aromatic carbocycles. The van der Waals surface area contributed by atoms with Crippen LogP contribution in [0.3, 0.4) is 0 Å². The molecule has 0 aliphatic rings. The smallest absolute Gasteiger partial charge is 0.358 e. The Morgan fingerprint density at radius 3 is 2.36 bits per heavy atom. The van der Waals surface area contributed by atoms with Gasteiger partial charge in [-0.25, -0.2) is 9.48 Å². The second-order valence-electron chi connectivity index (χ2n) is 4.49. The summed E-state index contributed by atoms with van der Waals surface area (Å²) in [5.41, 5.74) is 0.753. The van der Waals surface area contributed by atoms with Crippen LogP contribution in [0.5, 0.6) is 11.5 Å². The van der Waals surface area contributed by atoms with Crippen molar-refractivity contribution in [3.05, 3.63) is 23.9 Å². The van der Waals surface area contributed by atoms with E-state index in [1.165, 1.54) is 18.9 Å². The van der Waals surface area contributed by atoms with Gasteiger partial charge in [-0.05, 0) is 18.6 Å². The zero-order valence-electron chi connectivity index (χ0n) is 12.3. The van der Waals surface area contributed by atoms with Crippen LogP contribution in [0.1, 0.15) is 16.9 Å². The van der Waals surface area contributed by atoms with E-state index >= 15 is 0 Å². The van der Waals surface area contributed by atoms with E-state index in [2.05, 4.69) is 10.3 Å². The summed E-state index contributed by atoms with van der Waals surface area (Å²) in [7, 11) is 3.02. The first-order valence-electron chi connectivity index (χ1n) is 6.61. The third kappa shape index (κ3) is 3.17. The molecule has 118 valence electrons. The van der Waals surface area contributed by atoms with Crippen LogP contribution in [-0.4, -0.2) is 52.0 Å². The third-order valence-corrected chi connectivity index (χ3v) is 3.09. The summed E-state index contributed by atoms with van der Waals surface area (Å²) in [6, 6.07) is 5.05. The van der Waals surface area contributed by atoms with Gasteiger partial charge >= 0.3 is 5.97 Å². The van der Waals surface area contributed by atoms with Gasteiger partial charge in [-0.2, -0.15) is 0 Å². The van der Waals surface area contributed by atoms with E-state index in [9.17, 15) is 9.90 Å². The second-order valence-corrected chi connectivity index (χ2v) is 4.49. The third-order valence-electron chi connectivity index (χ3n) is 3.09. The first-order valence-corrected chi connectivity index (χ1v) is 6.61. The van der Waals surface area contributed by atoms with Gasteiger partial charge in [0.2, 0.25) is 0 Å². The Balaban J connectivity index is 2.58. The predicted molar refractivity (Wildman–Crippen MR) is 77.2 cm³/mol. The molecule has 2 N–H and O–H groups in total. The van der Waals surface area contributed by atoms with Crippen molar-refractivity contribution < 1.29 is 24.5 Å². The van der Waals surface area contributed by atoms with Crippen LogP contribution in [-0.2, 0) is 6.54 Å². The van der Waals surface area contributed by atoms with Crippen LogP contribution in [0.15, 0.2) is 18.2 Å². The summed E-state index contributed by atoms with van der Waals surface area (Å²) in [4.78, 5) is 11.4. The summed E-state index contributed by atoms with van der Waals surface area (Å²) in [5, 5.41) is 25.8. The van der Waals surface area contributed by atoms with E-state index in [1.807, 2.05) is 0 Å². The van der Waals surface area contributed by atoms with Gasteiger partial charge in [-0.3, -0.25) is 0 Å². The molecule has 2 rings (SSSR count). The Labute approximate surface area is 126 Å². The highest BCUT2D eigenvalue weighted by molar-refractivity contribution is 5.93. The molecule has 0 spiro atoms. The fourth-order valence-electron chi connectivity index (χ4n) is 2.06. The SMILES string of the molecule is COc1cc(OC)cc(-c2c(C(=O)O)nnn2CCCO)c1. The standard InChI is InChI=1S/C14H17N3O5/c1-21-10-6-9(7-11(8-10)22-2)13-12(14(19)20)15-16-17(13)4-3-5-18/h6-8,18H,3-5H2,1-2H3,(H,19,20). The van der Waals surface area contributed by atoms with Crippen LogP contribution in [0, 0.1) is 0 Å². The van der Waals surface area contributed by atoms with Crippen LogP contribution in [0.2, 0.25) is 0 Å². The predicted octanol–water partition coefficient (Wildman–Crippen LogP) is 1.04. The highest BCUT2D eigenvalue weighted by Crippen LogP contribution is 2.31. The normalized spacial score (nSPS) is 10.5. The summed E-state index contributed by atoms with van der Waals surface area (Å²) in [6.45, 7) is 0.328. The van der Waals surface area contributed by atoms with Gasteiger partial charge in [0.25, 0.3) is 0 Å². The van der Waals surface area contributed by atoms with Gasteiger partial charge in [0.15, 0.2) is 5.69 Å². The fraction of sp³-hybridized carbons (Fsp3) is 0.357. The number of carboxylic acids is 1. The molecule has 0 aliphatic heterocycles. The lowest BCUT2D eigenvalue weighted by atomic mass is 10.1. The number of aromatic carboxylic acids is 1. The topological polar surface area (TPSA) is 107 Å². The zero-order chi connectivity index (χ0) is 16.1. The van der Waals surface area contributed by atoms with Crippen molar-refractivity contribution in [2.24, 2.45) is 0 Å². The second kappa shape index (κ2) is 6.90. The first kappa shape index (κ1) is 15.8. The summed E-state index contributed by atoms with van der Waals surface area (Å²) in [5.74, 6) is -0.117. The number of benzene rings is 1. The van der Waals surface area contributed by atoms with Crippen LogP contribution < -0.4 is 9.47 Å². The number of aryl methyl sites for hydroxylation is 1. The number of hydrogen-bond donors (Lipinski definition) is 2. The molecule has 1 aromatic heterocycles. The fourth-order valence-corrected chi connectivity index (χ4v) is 2.06. The summed E-state index contributed by atoms with van der Waals surface area (Å²) < 4.78 is 11.9. The van der Waals surface area contributed by atoms with Crippen molar-refractivity contribution in [3.8, 4) is 22.8 Å². The minimum Gasteiger partial charge on any atom is -0.497 e. The van der Waals surface area contributed by atoms with Gasteiger partial charge in [0.1, 0.15) is 17.2 Å². The molecule has 22 heavy (non-hydrogen) atoms. The Kier molecular flexibility index (Phi) is 4.95. The Morgan fingerprint density at radius 2 is 1.86 bits per heavy atom. The Hall–Kier alpha value is -2.61. The molecule has 0 aliphatic carbocycles. The van der Waals surface area contributed by atoms with Gasteiger partial charge in [-0.1, -0.05) is 5.21 Å². The Morgan fingerprint density at radius 1 is 1.23 bits per heavy atom. The maximum Gasteiger partial charge on any atom is 0.358 e. The number of aromatic nitrogens is 3. The van der Waals surface area contributed by atoms with E-state index in [-0.39, 0.29) is 12.3 Å². The minimum absolute atomic E-state index is 0.0247. The highest BCUT2D eigenvalue weighted by Gasteiger charge is 2.21. The molecule has 0 unspecified atom stereocenters. The highest BCUT2D eigenvalue weighted by atomic mass is 16.5. The molecule has 0 bridgehead atoms. The lowest BCUT2D eigenvalue weighted by Gasteiger charge is -2.10. The van der Waals surface area contributed by atoms with Crippen LogP contribution in [0.4, 0.5) is 0 Å². The number of aliphatic hydroxyl groups is 1. The molecule has 0 atom stereocenters. The van der Waals surface area contributed by atoms with Crippen molar-refractivity contribution in [1.82, 2.24) is 15.0 Å². The molecule has 1 heterocycles. The van der Waals surface area contributed by atoms with E-state index in [1.54, 1.807) is 18.2 Å². The maximum atomic E-state index is 11.4. The monoisotopic (exact) mass is 307 g/mol. The quantitative estimate of drug-likeness (QED) is 0.787. The number of hydrogen-bond acceptors (Lipinski definition) is 6. The average molecular weight is 307 g/mol. The van der Waals surface area contributed by atoms with Crippen LogP contribution in [0.25, 0.3) is 11.3 Å². The van der Waals surface area contributed by atoms with Crippen molar-refractivity contribution in [2.75, 3.05) is 20.8 Å². The average Bonchev–Trinajstić information content (AvgIpc) is 2.96. The number of nitrogens with zero attached hydrogens (tertiary/aromatic N) is 3. The summed E-state index contributed by atoms with van der Waals surface area (Å²) >= 11 is 0. The van der Waals surface area contributed by atoms with E-state index in [0.717, 1.165) is 0 Å². The van der Waals surface area contributed by atoms with Crippen molar-refractivity contribution in [1.29, 1.82) is 0 Å². The number of carboxylic acid groups (broad SMARTS) is 1. The first-order chi connectivity index (χ1) is 10.6. The van der Waals surface area contributed by atoms with Crippen LogP contribution >= 0.6 is 0 Å². The van der Waals surface area contributed by atoms with Gasteiger partial charge in [0, 0.05) is 24.8 Å². The number of methoxy groups -OCH3 is 2. The van der Waals surface area contributed by atoms with Crippen molar-refractivity contribution >= 4 is 5.97 Å². The number of carbonyl (C=O) groups is 1. The lowest BCUT2D eigenvalue weighted by Crippen LogP contribution is -2.06. The molecular formula is C14H17N3O5. The molecule has 0 radical (unpaired) electrons. The number of aliphatic hydroxyl groups excluding tert-OH is 1. The molecule has 0 saturated heterocycles. The van der Waals surface area contributed by atoms with Crippen molar-refractivity contribution in [2.45, 2.75) is 13.0 Å². The lowest BCUT2D eigenvalue weighted by molar-refractivity contribution is 0.0691. The van der Waals surface area contributed by atoms with Crippen molar-refractivity contribution in [3.63, 3.8) is 0 Å². The van der Waals surface area contributed by atoms with E-state index < -0.39 is 5.97 Å². The van der Waals surface area contributed by atoms with E-state index in [4.69, 9.17) is 14.6 Å².